The van der Waals surface area contributed by atoms with E-state index in [2.05, 4.69) is 5.32 Å². The van der Waals surface area contributed by atoms with Gasteiger partial charge in [-0.05, 0) is 43.0 Å². The van der Waals surface area contributed by atoms with Gasteiger partial charge in [-0.15, -0.1) is 0 Å². The summed E-state index contributed by atoms with van der Waals surface area (Å²) in [6.45, 7) is 4.84. The lowest BCUT2D eigenvalue weighted by Crippen LogP contribution is -2.49. The van der Waals surface area contributed by atoms with Gasteiger partial charge in [0.2, 0.25) is 21.8 Å². The number of nitrogens with one attached hydrogen (secondary N) is 1. The molecule has 0 aromatic heterocycles. The molecular weight excluding hydrogens is 474 g/mol. The second-order valence-electron chi connectivity index (χ2n) is 8.14. The summed E-state index contributed by atoms with van der Waals surface area (Å²) in [5.41, 5.74) is 1.38. The first-order valence-electron chi connectivity index (χ1n) is 11.5. The van der Waals surface area contributed by atoms with Gasteiger partial charge in [0, 0.05) is 31.1 Å². The molecular formula is C25H34ClN3O4S. The van der Waals surface area contributed by atoms with Crippen LogP contribution in [-0.4, -0.2) is 50.5 Å². The van der Waals surface area contributed by atoms with Crippen LogP contribution in [0.15, 0.2) is 54.6 Å². The SMILES string of the molecule is CCCNC(=O)[C@H](CC)N(Cc1ccccc1)C(=O)CCCN(c1cccc(Cl)c1)S(C)(=O)=O. The van der Waals surface area contributed by atoms with Gasteiger partial charge in [0.25, 0.3) is 0 Å². The molecule has 0 bridgehead atoms. The number of anilines is 1. The fourth-order valence-electron chi connectivity index (χ4n) is 3.70. The summed E-state index contributed by atoms with van der Waals surface area (Å²) in [5, 5.41) is 3.32. The number of benzene rings is 2. The number of hydrogen-bond acceptors (Lipinski definition) is 4. The highest BCUT2D eigenvalue weighted by Crippen LogP contribution is 2.23. The van der Waals surface area contributed by atoms with Crippen molar-refractivity contribution in [2.45, 2.75) is 52.1 Å². The van der Waals surface area contributed by atoms with Crippen molar-refractivity contribution in [3.63, 3.8) is 0 Å². The summed E-state index contributed by atoms with van der Waals surface area (Å²) < 4.78 is 26.0. The van der Waals surface area contributed by atoms with Crippen LogP contribution in [0.3, 0.4) is 0 Å². The lowest BCUT2D eigenvalue weighted by Gasteiger charge is -2.31. The second-order valence-corrected chi connectivity index (χ2v) is 10.5. The maximum atomic E-state index is 13.3. The number of halogens is 1. The van der Waals surface area contributed by atoms with Crippen molar-refractivity contribution < 1.29 is 18.0 Å². The van der Waals surface area contributed by atoms with Crippen LogP contribution in [0.5, 0.6) is 0 Å². The van der Waals surface area contributed by atoms with Crippen molar-refractivity contribution in [3.05, 3.63) is 65.2 Å². The van der Waals surface area contributed by atoms with Crippen LogP contribution in [0.4, 0.5) is 5.69 Å². The monoisotopic (exact) mass is 507 g/mol. The average Bonchev–Trinajstić information content (AvgIpc) is 2.80. The fourth-order valence-corrected chi connectivity index (χ4v) is 4.84. The van der Waals surface area contributed by atoms with E-state index < -0.39 is 16.1 Å². The highest BCUT2D eigenvalue weighted by Gasteiger charge is 2.28. The standard InChI is InChI=1S/C25H34ClN3O4S/c1-4-16-27-25(31)23(5-2)28(19-20-11-7-6-8-12-20)24(30)15-10-17-29(34(3,32)33)22-14-9-13-21(26)18-22/h6-9,11-14,18,23H,4-5,10,15-17,19H2,1-3H3,(H,27,31)/t23-/m0/s1. The number of rotatable bonds is 13. The summed E-state index contributed by atoms with van der Waals surface area (Å²) in [4.78, 5) is 27.7. The molecule has 34 heavy (non-hydrogen) atoms. The number of carbonyl (C=O) groups is 2. The summed E-state index contributed by atoms with van der Waals surface area (Å²) in [6, 6.07) is 15.5. The molecule has 0 heterocycles. The summed E-state index contributed by atoms with van der Waals surface area (Å²) in [5.74, 6) is -0.368. The molecule has 186 valence electrons. The predicted molar refractivity (Wildman–Crippen MR) is 137 cm³/mol. The Bertz CT molecular complexity index is 1050. The third-order valence-corrected chi connectivity index (χ3v) is 6.81. The van der Waals surface area contributed by atoms with E-state index in [0.29, 0.717) is 36.6 Å². The zero-order valence-electron chi connectivity index (χ0n) is 20.0. The molecule has 9 heteroatoms. The molecule has 7 nitrogen and oxygen atoms in total. The molecule has 2 rings (SSSR count). The molecule has 1 N–H and O–H groups in total. The van der Waals surface area contributed by atoms with Gasteiger partial charge in [-0.2, -0.15) is 0 Å². The Labute approximate surface area is 208 Å². The average molecular weight is 508 g/mol. The minimum Gasteiger partial charge on any atom is -0.354 e. The number of amides is 2. The Morgan fingerprint density at radius 2 is 1.76 bits per heavy atom. The molecule has 0 aliphatic heterocycles. The molecule has 0 saturated carbocycles. The molecule has 0 aliphatic carbocycles. The van der Waals surface area contributed by atoms with Crippen LogP contribution in [0.1, 0.15) is 45.1 Å². The molecule has 2 aromatic rings. The summed E-state index contributed by atoms with van der Waals surface area (Å²) in [6.07, 6.45) is 2.82. The van der Waals surface area contributed by atoms with Gasteiger partial charge in [-0.3, -0.25) is 13.9 Å². The quantitative estimate of drug-likeness (QED) is 0.439. The van der Waals surface area contributed by atoms with Crippen LogP contribution < -0.4 is 9.62 Å². The van der Waals surface area contributed by atoms with Gasteiger partial charge in [0.1, 0.15) is 6.04 Å². The Hall–Kier alpha value is -2.58. The number of hydrogen-bond donors (Lipinski definition) is 1. The van der Waals surface area contributed by atoms with Gasteiger partial charge < -0.3 is 10.2 Å². The van der Waals surface area contributed by atoms with Crippen LogP contribution >= 0.6 is 11.6 Å². The van der Waals surface area contributed by atoms with Gasteiger partial charge in [0.15, 0.2) is 0 Å². The molecule has 0 radical (unpaired) electrons. The van der Waals surface area contributed by atoms with Gasteiger partial charge >= 0.3 is 0 Å². The van der Waals surface area contributed by atoms with E-state index in [0.717, 1.165) is 18.2 Å². The number of nitrogens with zero attached hydrogens (tertiary/aromatic N) is 2. The summed E-state index contributed by atoms with van der Waals surface area (Å²) >= 11 is 6.04. The van der Waals surface area contributed by atoms with Crippen molar-refractivity contribution in [3.8, 4) is 0 Å². The van der Waals surface area contributed by atoms with E-state index >= 15 is 0 Å². The van der Waals surface area contributed by atoms with E-state index in [4.69, 9.17) is 11.6 Å². The number of carbonyl (C=O) groups excluding carboxylic acids is 2. The number of sulfonamides is 1. The highest BCUT2D eigenvalue weighted by atomic mass is 35.5. The zero-order chi connectivity index (χ0) is 25.1. The fraction of sp³-hybridized carbons (Fsp3) is 0.440. The molecule has 2 amide bonds. The third kappa shape index (κ3) is 8.33. The Balaban J connectivity index is 2.17. The van der Waals surface area contributed by atoms with Crippen LogP contribution in [0.25, 0.3) is 0 Å². The Morgan fingerprint density at radius 1 is 1.06 bits per heavy atom. The van der Waals surface area contributed by atoms with Crippen molar-refractivity contribution in [1.29, 1.82) is 0 Å². The van der Waals surface area contributed by atoms with Crippen molar-refractivity contribution in [1.82, 2.24) is 10.2 Å². The predicted octanol–water partition coefficient (Wildman–Crippen LogP) is 4.22. The topological polar surface area (TPSA) is 86.8 Å². The first-order chi connectivity index (χ1) is 16.2. The molecule has 2 aromatic carbocycles. The first-order valence-corrected chi connectivity index (χ1v) is 13.7. The van der Waals surface area contributed by atoms with E-state index in [9.17, 15) is 18.0 Å². The smallest absolute Gasteiger partial charge is 0.242 e. The molecule has 1 atom stereocenters. The molecule has 0 aliphatic rings. The molecule has 0 spiro atoms. The molecule has 0 saturated heterocycles. The molecule has 0 unspecified atom stereocenters. The largest absolute Gasteiger partial charge is 0.354 e. The van der Waals surface area contributed by atoms with Gasteiger partial charge in [-0.25, -0.2) is 8.42 Å². The summed E-state index contributed by atoms with van der Waals surface area (Å²) in [7, 11) is -3.56. The minimum absolute atomic E-state index is 0.108. The zero-order valence-corrected chi connectivity index (χ0v) is 21.6. The lowest BCUT2D eigenvalue weighted by molar-refractivity contribution is -0.141. The lowest BCUT2D eigenvalue weighted by atomic mass is 10.1. The van der Waals surface area contributed by atoms with Crippen LogP contribution in [-0.2, 0) is 26.2 Å². The van der Waals surface area contributed by atoms with Crippen molar-refractivity contribution in [2.75, 3.05) is 23.7 Å². The van der Waals surface area contributed by atoms with Crippen molar-refractivity contribution >= 4 is 39.1 Å². The minimum atomic E-state index is -3.56. The third-order valence-electron chi connectivity index (χ3n) is 5.38. The van der Waals surface area contributed by atoms with E-state index in [1.54, 1.807) is 29.2 Å². The Morgan fingerprint density at radius 3 is 2.35 bits per heavy atom. The first kappa shape index (κ1) is 27.7. The van der Waals surface area contributed by atoms with E-state index in [1.165, 1.54) is 4.31 Å². The maximum absolute atomic E-state index is 13.3. The van der Waals surface area contributed by atoms with Crippen LogP contribution in [0, 0.1) is 0 Å². The molecule has 0 fully saturated rings. The maximum Gasteiger partial charge on any atom is 0.242 e. The van der Waals surface area contributed by atoms with Crippen LogP contribution in [0.2, 0.25) is 5.02 Å². The van der Waals surface area contributed by atoms with E-state index in [-0.39, 0.29) is 24.8 Å². The van der Waals surface area contributed by atoms with Gasteiger partial charge in [0.05, 0.1) is 11.9 Å². The Kier molecular flexibility index (Phi) is 10.9. The van der Waals surface area contributed by atoms with E-state index in [1.807, 2.05) is 44.2 Å². The van der Waals surface area contributed by atoms with Crippen molar-refractivity contribution in [2.24, 2.45) is 0 Å². The normalized spacial score (nSPS) is 12.1. The highest BCUT2D eigenvalue weighted by molar-refractivity contribution is 7.92. The second kappa shape index (κ2) is 13.3. The van der Waals surface area contributed by atoms with Gasteiger partial charge in [-0.1, -0.05) is 61.8 Å².